The normalized spacial score (nSPS) is 10.8. The molecule has 0 bridgehead atoms. The number of rotatable bonds is 3. The Morgan fingerprint density at radius 2 is 2.04 bits per heavy atom. The van der Waals surface area contributed by atoms with Crippen LogP contribution in [0.25, 0.3) is 10.9 Å². The van der Waals surface area contributed by atoms with Crippen molar-refractivity contribution < 1.29 is 9.90 Å². The minimum Gasteiger partial charge on any atom is -0.508 e. The van der Waals surface area contributed by atoms with Crippen LogP contribution in [-0.4, -0.2) is 15.6 Å². The number of pyridine rings is 1. The van der Waals surface area contributed by atoms with E-state index in [0.717, 1.165) is 11.1 Å². The maximum Gasteiger partial charge on any atom is 0.261 e. The number of phenols is 1. The van der Waals surface area contributed by atoms with Crippen LogP contribution >= 0.6 is 11.6 Å². The van der Waals surface area contributed by atoms with Gasteiger partial charge in [0.05, 0.1) is 5.52 Å². The number of amides is 1. The molecule has 3 aromatic rings. The quantitative estimate of drug-likeness (QED) is 0.746. The molecule has 0 atom stereocenters. The summed E-state index contributed by atoms with van der Waals surface area (Å²) in [7, 11) is 0. The van der Waals surface area contributed by atoms with Crippen molar-refractivity contribution in [1.29, 1.82) is 0 Å². The molecule has 0 saturated heterocycles. The molecule has 0 radical (unpaired) electrons. The van der Waals surface area contributed by atoms with Gasteiger partial charge in [-0.25, -0.2) is 0 Å². The molecule has 128 valence electrons. The van der Waals surface area contributed by atoms with Crippen molar-refractivity contribution in [2.24, 2.45) is 0 Å². The second kappa shape index (κ2) is 6.61. The average Bonchev–Trinajstić information content (AvgIpc) is 2.58. The summed E-state index contributed by atoms with van der Waals surface area (Å²) in [6.07, 6.45) is 1.55. The lowest BCUT2D eigenvalue weighted by Gasteiger charge is -2.14. The Bertz CT molecular complexity index is 1040. The van der Waals surface area contributed by atoms with E-state index >= 15 is 0 Å². The smallest absolute Gasteiger partial charge is 0.261 e. The van der Waals surface area contributed by atoms with Gasteiger partial charge in [-0.15, -0.1) is 0 Å². The zero-order valence-corrected chi connectivity index (χ0v) is 14.6. The number of halogens is 1. The molecule has 2 N–H and O–H groups in total. The first kappa shape index (κ1) is 17.0. The molecule has 3 rings (SSSR count). The largest absolute Gasteiger partial charge is 0.508 e. The number of aryl methyl sites for hydroxylation is 2. The first-order chi connectivity index (χ1) is 11.9. The Morgan fingerprint density at radius 1 is 1.28 bits per heavy atom. The number of hydrogen-bond donors (Lipinski definition) is 2. The molecule has 0 unspecified atom stereocenters. The summed E-state index contributed by atoms with van der Waals surface area (Å²) in [6.45, 7) is 4.37. The van der Waals surface area contributed by atoms with Crippen LogP contribution in [-0.2, 0) is 6.54 Å². The lowest BCUT2D eigenvalue weighted by atomic mass is 10.1. The van der Waals surface area contributed by atoms with Crippen LogP contribution in [0, 0.1) is 6.92 Å². The number of anilines is 1. The van der Waals surface area contributed by atoms with Crippen molar-refractivity contribution in [2.75, 3.05) is 5.32 Å². The molecule has 25 heavy (non-hydrogen) atoms. The van der Waals surface area contributed by atoms with Gasteiger partial charge in [0, 0.05) is 34.9 Å². The lowest BCUT2D eigenvalue weighted by molar-refractivity contribution is 0.102. The molecule has 1 amide bonds. The van der Waals surface area contributed by atoms with E-state index in [1.807, 2.05) is 18.4 Å². The van der Waals surface area contributed by atoms with Gasteiger partial charge in [-0.05, 0) is 43.7 Å². The standard InChI is InChI=1S/C19H17ClN2O3/c1-3-22-10-15(19(25)21-12-5-4-6-13(23)9-12)18(24)14-7-8-16(20)11(2)17(14)22/h4-10,23H,3H2,1-2H3,(H,21,25). The van der Waals surface area contributed by atoms with E-state index in [-0.39, 0.29) is 16.7 Å². The fourth-order valence-corrected chi connectivity index (χ4v) is 3.00. The minimum absolute atomic E-state index is 0.0348. The van der Waals surface area contributed by atoms with Crippen LogP contribution in [0.3, 0.4) is 0 Å². The third-order valence-electron chi connectivity index (χ3n) is 4.12. The number of benzene rings is 2. The van der Waals surface area contributed by atoms with Crippen molar-refractivity contribution in [3.8, 4) is 5.75 Å². The molecule has 6 heteroatoms. The van der Waals surface area contributed by atoms with Crippen molar-refractivity contribution in [2.45, 2.75) is 20.4 Å². The van der Waals surface area contributed by atoms with Crippen molar-refractivity contribution >= 4 is 34.1 Å². The van der Waals surface area contributed by atoms with Gasteiger partial charge in [0.25, 0.3) is 5.91 Å². The zero-order chi connectivity index (χ0) is 18.1. The molecule has 0 saturated carbocycles. The van der Waals surface area contributed by atoms with Crippen molar-refractivity contribution in [3.05, 3.63) is 69.0 Å². The molecule has 1 heterocycles. The highest BCUT2D eigenvalue weighted by molar-refractivity contribution is 6.32. The molecule has 0 fully saturated rings. The highest BCUT2D eigenvalue weighted by atomic mass is 35.5. The first-order valence-corrected chi connectivity index (χ1v) is 8.22. The Kier molecular flexibility index (Phi) is 4.51. The number of aromatic hydroxyl groups is 1. The van der Waals surface area contributed by atoms with Gasteiger partial charge in [0.15, 0.2) is 0 Å². The summed E-state index contributed by atoms with van der Waals surface area (Å²) in [5.74, 6) is -0.486. The maximum absolute atomic E-state index is 12.8. The zero-order valence-electron chi connectivity index (χ0n) is 13.8. The molecule has 0 spiro atoms. The Balaban J connectivity index is 2.14. The second-order valence-electron chi connectivity index (χ2n) is 5.73. The lowest BCUT2D eigenvalue weighted by Crippen LogP contribution is -2.24. The van der Waals surface area contributed by atoms with Crippen molar-refractivity contribution in [1.82, 2.24) is 4.57 Å². The molecular weight excluding hydrogens is 340 g/mol. The number of aromatic nitrogens is 1. The summed E-state index contributed by atoms with van der Waals surface area (Å²) >= 11 is 6.18. The van der Waals surface area contributed by atoms with E-state index in [1.54, 1.807) is 30.5 Å². The van der Waals surface area contributed by atoms with Gasteiger partial charge >= 0.3 is 0 Å². The van der Waals surface area contributed by atoms with E-state index in [4.69, 9.17) is 11.6 Å². The van der Waals surface area contributed by atoms with Gasteiger partial charge in [0.2, 0.25) is 5.43 Å². The number of carbonyl (C=O) groups is 1. The van der Waals surface area contributed by atoms with Gasteiger partial charge in [-0.3, -0.25) is 9.59 Å². The Hall–Kier alpha value is -2.79. The van der Waals surface area contributed by atoms with Crippen LogP contribution in [0.15, 0.2) is 47.4 Å². The van der Waals surface area contributed by atoms with Gasteiger partial charge < -0.3 is 15.0 Å². The molecule has 1 aromatic heterocycles. The number of fused-ring (bicyclic) bond motifs is 1. The van der Waals surface area contributed by atoms with E-state index in [2.05, 4.69) is 5.32 Å². The molecule has 0 aliphatic heterocycles. The fraction of sp³-hybridized carbons (Fsp3) is 0.158. The fourth-order valence-electron chi connectivity index (χ4n) is 2.85. The monoisotopic (exact) mass is 356 g/mol. The maximum atomic E-state index is 12.8. The van der Waals surface area contributed by atoms with E-state index in [1.165, 1.54) is 12.1 Å². The molecule has 0 aliphatic rings. The number of nitrogens with one attached hydrogen (secondary N) is 1. The predicted molar refractivity (Wildman–Crippen MR) is 99.7 cm³/mol. The van der Waals surface area contributed by atoms with Gasteiger partial charge in [-0.2, -0.15) is 0 Å². The van der Waals surface area contributed by atoms with Crippen LogP contribution < -0.4 is 10.7 Å². The van der Waals surface area contributed by atoms with E-state index < -0.39 is 5.91 Å². The molecular formula is C19H17ClN2O3. The van der Waals surface area contributed by atoms with Crippen LogP contribution in [0.1, 0.15) is 22.8 Å². The van der Waals surface area contributed by atoms with Crippen LogP contribution in [0.4, 0.5) is 5.69 Å². The topological polar surface area (TPSA) is 71.3 Å². The van der Waals surface area contributed by atoms with Crippen LogP contribution in [0.2, 0.25) is 5.02 Å². The predicted octanol–water partition coefficient (Wildman–Crippen LogP) is 3.94. The molecule has 5 nitrogen and oxygen atoms in total. The summed E-state index contributed by atoms with van der Waals surface area (Å²) in [5, 5.41) is 13.2. The summed E-state index contributed by atoms with van der Waals surface area (Å²) in [5.41, 5.74) is 1.64. The van der Waals surface area contributed by atoms with Crippen molar-refractivity contribution in [3.63, 3.8) is 0 Å². The highest BCUT2D eigenvalue weighted by Gasteiger charge is 2.17. The summed E-state index contributed by atoms with van der Waals surface area (Å²) in [4.78, 5) is 25.4. The van der Waals surface area contributed by atoms with Gasteiger partial charge in [-0.1, -0.05) is 17.7 Å². The second-order valence-corrected chi connectivity index (χ2v) is 6.14. The Morgan fingerprint density at radius 3 is 2.72 bits per heavy atom. The van der Waals surface area contributed by atoms with Gasteiger partial charge in [0.1, 0.15) is 11.3 Å². The minimum atomic E-state index is -0.521. The average molecular weight is 357 g/mol. The first-order valence-electron chi connectivity index (χ1n) is 7.85. The molecule has 2 aromatic carbocycles. The van der Waals surface area contributed by atoms with Crippen LogP contribution in [0.5, 0.6) is 5.75 Å². The third kappa shape index (κ3) is 3.10. The SMILES string of the molecule is CCn1cc(C(=O)Nc2cccc(O)c2)c(=O)c2ccc(Cl)c(C)c21. The number of hydrogen-bond acceptors (Lipinski definition) is 3. The van der Waals surface area contributed by atoms with E-state index in [0.29, 0.717) is 22.6 Å². The molecule has 0 aliphatic carbocycles. The summed E-state index contributed by atoms with van der Waals surface area (Å²) < 4.78 is 1.84. The Labute approximate surface area is 149 Å². The number of nitrogens with zero attached hydrogens (tertiary/aromatic N) is 1. The highest BCUT2D eigenvalue weighted by Crippen LogP contribution is 2.24. The van der Waals surface area contributed by atoms with E-state index in [9.17, 15) is 14.7 Å². The number of phenolic OH excluding ortho intramolecular Hbond substituents is 1. The summed E-state index contributed by atoms with van der Waals surface area (Å²) in [6, 6.07) is 9.48. The third-order valence-corrected chi connectivity index (χ3v) is 4.53. The number of carbonyl (C=O) groups excluding carboxylic acids is 1.